The van der Waals surface area contributed by atoms with E-state index < -0.39 is 15.1 Å². The Balaban J connectivity index is 1.79. The first-order valence-electron chi connectivity index (χ1n) is 7.39. The molecule has 8 heteroatoms. The number of methoxy groups -OCH3 is 1. The Morgan fingerprint density at radius 2 is 2.26 bits per heavy atom. The standard InChI is InChI=1S/C15H19N3O4S/c1-10-7-11(3-4-13(10)21-2)15-17-14(22-18-15)8-12-9-16-5-6-23(12,19)20/h3-4,7,12,16H,5-6,8-9H2,1-2H3. The van der Waals surface area contributed by atoms with Gasteiger partial charge in [-0.15, -0.1) is 0 Å². The van der Waals surface area contributed by atoms with Gasteiger partial charge in [-0.05, 0) is 30.7 Å². The smallest absolute Gasteiger partial charge is 0.228 e. The summed E-state index contributed by atoms with van der Waals surface area (Å²) in [6.07, 6.45) is 0.234. The second-order valence-electron chi connectivity index (χ2n) is 5.59. The highest BCUT2D eigenvalue weighted by molar-refractivity contribution is 7.92. The molecule has 1 atom stereocenters. The molecule has 1 aromatic heterocycles. The van der Waals surface area contributed by atoms with Crippen molar-refractivity contribution in [2.24, 2.45) is 0 Å². The van der Waals surface area contributed by atoms with Crippen LogP contribution in [0.5, 0.6) is 5.75 Å². The fraction of sp³-hybridized carbons (Fsp3) is 0.467. The van der Waals surface area contributed by atoms with Gasteiger partial charge in [0.05, 0.1) is 18.1 Å². The number of aryl methyl sites for hydroxylation is 1. The monoisotopic (exact) mass is 337 g/mol. The maximum Gasteiger partial charge on any atom is 0.228 e. The molecule has 1 aliphatic heterocycles. The minimum Gasteiger partial charge on any atom is -0.496 e. The fourth-order valence-corrected chi connectivity index (χ4v) is 4.17. The largest absolute Gasteiger partial charge is 0.496 e. The topological polar surface area (TPSA) is 94.3 Å². The summed E-state index contributed by atoms with van der Waals surface area (Å²) in [4.78, 5) is 4.33. The molecule has 2 heterocycles. The van der Waals surface area contributed by atoms with E-state index in [2.05, 4.69) is 15.5 Å². The molecule has 1 aromatic carbocycles. The Bertz CT molecular complexity index is 801. The first-order chi connectivity index (χ1) is 11.0. The minimum absolute atomic E-state index is 0.149. The van der Waals surface area contributed by atoms with Crippen LogP contribution in [0.1, 0.15) is 11.5 Å². The van der Waals surface area contributed by atoms with Crippen molar-refractivity contribution in [2.45, 2.75) is 18.6 Å². The molecule has 1 fully saturated rings. The molecule has 124 valence electrons. The highest BCUT2D eigenvalue weighted by Crippen LogP contribution is 2.24. The van der Waals surface area contributed by atoms with E-state index >= 15 is 0 Å². The van der Waals surface area contributed by atoms with Crippen molar-refractivity contribution < 1.29 is 17.7 Å². The SMILES string of the molecule is COc1ccc(-c2noc(CC3CNCCS3(=O)=O)n2)cc1C. The van der Waals surface area contributed by atoms with Gasteiger partial charge in [-0.25, -0.2) is 8.42 Å². The summed E-state index contributed by atoms with van der Waals surface area (Å²) in [6, 6.07) is 5.60. The lowest BCUT2D eigenvalue weighted by Crippen LogP contribution is -2.45. The van der Waals surface area contributed by atoms with Crippen molar-refractivity contribution in [1.82, 2.24) is 15.5 Å². The molecule has 0 spiro atoms. The van der Waals surface area contributed by atoms with Gasteiger partial charge in [0.25, 0.3) is 0 Å². The zero-order valence-corrected chi connectivity index (χ0v) is 13.9. The summed E-state index contributed by atoms with van der Waals surface area (Å²) in [7, 11) is -1.48. The molecule has 1 saturated heterocycles. The molecule has 0 aliphatic carbocycles. The second kappa shape index (κ2) is 6.29. The van der Waals surface area contributed by atoms with Gasteiger partial charge >= 0.3 is 0 Å². The van der Waals surface area contributed by atoms with Crippen LogP contribution in [0.2, 0.25) is 0 Å². The molecule has 0 saturated carbocycles. The molecule has 0 amide bonds. The van der Waals surface area contributed by atoms with Gasteiger partial charge in [-0.2, -0.15) is 4.98 Å². The van der Waals surface area contributed by atoms with Crippen LogP contribution in [-0.2, 0) is 16.3 Å². The third-order valence-corrected chi connectivity index (χ3v) is 6.09. The number of rotatable bonds is 4. The summed E-state index contributed by atoms with van der Waals surface area (Å²) in [5.41, 5.74) is 1.78. The van der Waals surface area contributed by atoms with E-state index in [4.69, 9.17) is 9.26 Å². The van der Waals surface area contributed by atoms with E-state index in [1.165, 1.54) is 0 Å². The van der Waals surface area contributed by atoms with Gasteiger partial charge < -0.3 is 14.6 Å². The van der Waals surface area contributed by atoms with Crippen LogP contribution in [0.3, 0.4) is 0 Å². The van der Waals surface area contributed by atoms with Gasteiger partial charge in [0, 0.05) is 25.1 Å². The molecule has 0 radical (unpaired) electrons. The van der Waals surface area contributed by atoms with Crippen molar-refractivity contribution in [3.8, 4) is 17.1 Å². The van der Waals surface area contributed by atoms with Crippen LogP contribution in [0.25, 0.3) is 11.4 Å². The molecular weight excluding hydrogens is 318 g/mol. The van der Waals surface area contributed by atoms with Crippen molar-refractivity contribution in [3.63, 3.8) is 0 Å². The zero-order chi connectivity index (χ0) is 16.4. The predicted octanol–water partition coefficient (Wildman–Crippen LogP) is 0.983. The molecule has 1 N–H and O–H groups in total. The summed E-state index contributed by atoms with van der Waals surface area (Å²) in [6.45, 7) is 2.85. The number of hydrogen-bond donors (Lipinski definition) is 1. The Morgan fingerprint density at radius 3 is 2.96 bits per heavy atom. The molecule has 7 nitrogen and oxygen atoms in total. The van der Waals surface area contributed by atoms with Crippen molar-refractivity contribution in [1.29, 1.82) is 0 Å². The normalized spacial score (nSPS) is 20.3. The first-order valence-corrected chi connectivity index (χ1v) is 9.11. The maximum absolute atomic E-state index is 12.0. The number of ether oxygens (including phenoxy) is 1. The van der Waals surface area contributed by atoms with Crippen LogP contribution in [0, 0.1) is 6.92 Å². The Labute approximate surface area is 135 Å². The van der Waals surface area contributed by atoms with Gasteiger partial charge in [-0.3, -0.25) is 0 Å². The van der Waals surface area contributed by atoms with E-state index in [1.807, 2.05) is 25.1 Å². The number of sulfone groups is 1. The summed E-state index contributed by atoms with van der Waals surface area (Å²) < 4.78 is 34.5. The number of nitrogens with zero attached hydrogens (tertiary/aromatic N) is 2. The number of nitrogens with one attached hydrogen (secondary N) is 1. The van der Waals surface area contributed by atoms with Crippen LogP contribution in [-0.4, -0.2) is 49.8 Å². The van der Waals surface area contributed by atoms with Crippen LogP contribution in [0.4, 0.5) is 0 Å². The third kappa shape index (κ3) is 3.37. The van der Waals surface area contributed by atoms with Crippen molar-refractivity contribution >= 4 is 9.84 Å². The Hall–Kier alpha value is -1.93. The molecule has 1 aliphatic rings. The molecule has 23 heavy (non-hydrogen) atoms. The van der Waals surface area contributed by atoms with Gasteiger partial charge in [0.1, 0.15) is 5.75 Å². The van der Waals surface area contributed by atoms with Crippen LogP contribution in [0.15, 0.2) is 22.7 Å². The predicted molar refractivity (Wildman–Crippen MR) is 85.2 cm³/mol. The van der Waals surface area contributed by atoms with Crippen LogP contribution < -0.4 is 10.1 Å². The van der Waals surface area contributed by atoms with E-state index in [0.29, 0.717) is 24.8 Å². The van der Waals surface area contributed by atoms with Gasteiger partial charge in [0.2, 0.25) is 11.7 Å². The second-order valence-corrected chi connectivity index (χ2v) is 7.99. The lowest BCUT2D eigenvalue weighted by atomic mass is 10.1. The zero-order valence-electron chi connectivity index (χ0n) is 13.1. The molecule has 1 unspecified atom stereocenters. The van der Waals surface area contributed by atoms with E-state index in [9.17, 15) is 8.42 Å². The first kappa shape index (κ1) is 15.9. The van der Waals surface area contributed by atoms with Gasteiger partial charge in [0.15, 0.2) is 9.84 Å². The highest BCUT2D eigenvalue weighted by atomic mass is 32.2. The molecule has 0 bridgehead atoms. The maximum atomic E-state index is 12.0. The van der Waals surface area contributed by atoms with Crippen molar-refractivity contribution in [2.75, 3.05) is 26.0 Å². The number of benzene rings is 1. The Morgan fingerprint density at radius 1 is 1.43 bits per heavy atom. The average molecular weight is 337 g/mol. The van der Waals surface area contributed by atoms with Crippen LogP contribution >= 0.6 is 0 Å². The van der Waals surface area contributed by atoms with E-state index in [1.54, 1.807) is 7.11 Å². The molecule has 3 rings (SSSR count). The van der Waals surface area contributed by atoms with E-state index in [0.717, 1.165) is 16.9 Å². The highest BCUT2D eigenvalue weighted by Gasteiger charge is 2.30. The Kier molecular flexibility index (Phi) is 4.36. The molecular formula is C15H19N3O4S. The summed E-state index contributed by atoms with van der Waals surface area (Å²) in [5.74, 6) is 1.73. The quantitative estimate of drug-likeness (QED) is 0.889. The third-order valence-electron chi connectivity index (χ3n) is 3.97. The van der Waals surface area contributed by atoms with Gasteiger partial charge in [-0.1, -0.05) is 5.16 Å². The molecule has 2 aromatic rings. The number of aromatic nitrogens is 2. The van der Waals surface area contributed by atoms with Crippen molar-refractivity contribution in [3.05, 3.63) is 29.7 Å². The summed E-state index contributed by atoms with van der Waals surface area (Å²) in [5, 5.41) is 6.53. The summed E-state index contributed by atoms with van der Waals surface area (Å²) >= 11 is 0. The van der Waals surface area contributed by atoms with E-state index in [-0.39, 0.29) is 12.2 Å². The fourth-order valence-electron chi connectivity index (χ4n) is 2.64. The average Bonchev–Trinajstić information content (AvgIpc) is 2.98. The lowest BCUT2D eigenvalue weighted by molar-refractivity contribution is 0.373. The lowest BCUT2D eigenvalue weighted by Gasteiger charge is -2.21. The number of hydrogen-bond acceptors (Lipinski definition) is 7. The minimum atomic E-state index is -3.10.